The fourth-order valence-corrected chi connectivity index (χ4v) is 4.62. The SMILES string of the molecule is CC(C)(C)c1pn(C(C)(C)C)c(-c2ccccc2)c1-c1ccccc1. The molecule has 0 saturated heterocycles. The normalized spacial score (nSPS) is 12.7. The lowest BCUT2D eigenvalue weighted by atomic mass is 9.87. The fourth-order valence-electron chi connectivity index (χ4n) is 3.17. The Bertz CT molecular complexity index is 775. The maximum Gasteiger partial charge on any atom is 0.0607 e. The van der Waals surface area contributed by atoms with E-state index in [1.165, 1.54) is 36.0 Å². The van der Waals surface area contributed by atoms with Gasteiger partial charge in [0.25, 0.3) is 0 Å². The summed E-state index contributed by atoms with van der Waals surface area (Å²) in [6.07, 6.45) is 0. The first-order chi connectivity index (χ1) is 11.7. The summed E-state index contributed by atoms with van der Waals surface area (Å²) in [5.41, 5.74) is 5.53. The van der Waals surface area contributed by atoms with E-state index in [2.05, 4.69) is 107 Å². The van der Waals surface area contributed by atoms with Crippen molar-refractivity contribution in [3.63, 3.8) is 0 Å². The summed E-state index contributed by atoms with van der Waals surface area (Å²) < 4.78 is 2.55. The van der Waals surface area contributed by atoms with Gasteiger partial charge in [0.15, 0.2) is 0 Å². The van der Waals surface area contributed by atoms with Crippen LogP contribution in [0.15, 0.2) is 60.7 Å². The molecule has 2 aromatic carbocycles. The van der Waals surface area contributed by atoms with E-state index >= 15 is 0 Å². The second kappa shape index (κ2) is 6.46. The quantitative estimate of drug-likeness (QED) is 0.452. The lowest BCUT2D eigenvalue weighted by molar-refractivity contribution is 0.433. The highest BCUT2D eigenvalue weighted by atomic mass is 31.0. The van der Waals surface area contributed by atoms with Crippen LogP contribution in [0.1, 0.15) is 46.8 Å². The number of rotatable bonds is 2. The van der Waals surface area contributed by atoms with Crippen LogP contribution in [0.25, 0.3) is 22.4 Å². The molecule has 0 fully saturated rings. The predicted molar refractivity (Wildman–Crippen MR) is 112 cm³/mol. The molecule has 0 bridgehead atoms. The van der Waals surface area contributed by atoms with Crippen molar-refractivity contribution in [2.75, 3.05) is 0 Å². The largest absolute Gasteiger partial charge is 0.318 e. The molecule has 0 N–H and O–H groups in total. The molecule has 0 aliphatic carbocycles. The van der Waals surface area contributed by atoms with Crippen LogP contribution in [0.2, 0.25) is 0 Å². The minimum Gasteiger partial charge on any atom is -0.318 e. The Hall–Kier alpha value is -1.85. The number of benzene rings is 2. The first-order valence-electron chi connectivity index (χ1n) is 8.94. The predicted octanol–water partition coefficient (Wildman–Crippen LogP) is 7.45. The Morgan fingerprint density at radius 1 is 0.680 bits per heavy atom. The van der Waals surface area contributed by atoms with Gasteiger partial charge < -0.3 is 4.33 Å². The second-order valence-corrected chi connectivity index (χ2v) is 9.68. The smallest absolute Gasteiger partial charge is 0.0607 e. The minimum absolute atomic E-state index is 0.0553. The van der Waals surface area contributed by atoms with E-state index < -0.39 is 0 Å². The molecule has 1 aromatic heterocycles. The monoisotopic (exact) mass is 349 g/mol. The Balaban J connectivity index is 2.43. The van der Waals surface area contributed by atoms with Gasteiger partial charge in [-0.3, -0.25) is 0 Å². The van der Waals surface area contributed by atoms with Crippen molar-refractivity contribution >= 4 is 8.35 Å². The number of aromatic nitrogens is 1. The summed E-state index contributed by atoms with van der Waals surface area (Å²) in [7, 11) is 1.29. The first-order valence-corrected chi connectivity index (χ1v) is 9.79. The highest BCUT2D eigenvalue weighted by Crippen LogP contribution is 2.49. The molecule has 0 aliphatic rings. The molecule has 1 heterocycles. The van der Waals surface area contributed by atoms with Gasteiger partial charge in [0.1, 0.15) is 0 Å². The molecule has 1 nitrogen and oxygen atoms in total. The third-order valence-electron chi connectivity index (χ3n) is 4.34. The summed E-state index contributed by atoms with van der Waals surface area (Å²) in [5.74, 6) is 0. The zero-order valence-electron chi connectivity index (χ0n) is 16.2. The molecule has 0 radical (unpaired) electrons. The summed E-state index contributed by atoms with van der Waals surface area (Å²) in [6, 6.07) is 21.7. The van der Waals surface area contributed by atoms with Crippen molar-refractivity contribution in [1.29, 1.82) is 0 Å². The van der Waals surface area contributed by atoms with Crippen LogP contribution in [-0.2, 0) is 11.0 Å². The average Bonchev–Trinajstić information content (AvgIpc) is 2.97. The molecular weight excluding hydrogens is 321 g/mol. The van der Waals surface area contributed by atoms with E-state index in [9.17, 15) is 0 Å². The topological polar surface area (TPSA) is 4.93 Å². The van der Waals surface area contributed by atoms with Crippen LogP contribution in [0, 0.1) is 0 Å². The second-order valence-electron chi connectivity index (χ2n) is 8.64. The van der Waals surface area contributed by atoms with Crippen molar-refractivity contribution in [2.24, 2.45) is 0 Å². The van der Waals surface area contributed by atoms with Gasteiger partial charge in [-0.2, -0.15) is 0 Å². The third kappa shape index (κ3) is 3.58. The van der Waals surface area contributed by atoms with Crippen LogP contribution in [0.4, 0.5) is 0 Å². The molecule has 0 aliphatic heterocycles. The van der Waals surface area contributed by atoms with Crippen molar-refractivity contribution in [1.82, 2.24) is 4.33 Å². The third-order valence-corrected chi connectivity index (χ3v) is 6.44. The molecular formula is C23H28NP. The molecule has 130 valence electrons. The molecule has 0 unspecified atom stereocenters. The van der Waals surface area contributed by atoms with Crippen LogP contribution in [0.3, 0.4) is 0 Å². The molecule has 3 aromatic rings. The summed E-state index contributed by atoms with van der Waals surface area (Å²) in [4.78, 5) is 0. The summed E-state index contributed by atoms with van der Waals surface area (Å²) in [5, 5.41) is 1.49. The fraction of sp³-hybridized carbons (Fsp3) is 0.348. The van der Waals surface area contributed by atoms with Crippen LogP contribution < -0.4 is 0 Å². The average molecular weight is 349 g/mol. The summed E-state index contributed by atoms with van der Waals surface area (Å²) >= 11 is 0. The van der Waals surface area contributed by atoms with Gasteiger partial charge in [0, 0.05) is 24.7 Å². The highest BCUT2D eigenvalue weighted by molar-refractivity contribution is 7.28. The van der Waals surface area contributed by atoms with E-state index in [1.54, 1.807) is 0 Å². The Labute approximate surface area is 153 Å². The first kappa shape index (κ1) is 18.0. The number of hydrogen-bond acceptors (Lipinski definition) is 0. The van der Waals surface area contributed by atoms with E-state index in [4.69, 9.17) is 0 Å². The Morgan fingerprint density at radius 2 is 1.16 bits per heavy atom. The lowest BCUT2D eigenvalue weighted by Gasteiger charge is -2.24. The van der Waals surface area contributed by atoms with Gasteiger partial charge in [-0.25, -0.2) is 0 Å². The van der Waals surface area contributed by atoms with Crippen molar-refractivity contribution in [2.45, 2.75) is 52.5 Å². The Morgan fingerprint density at radius 3 is 1.60 bits per heavy atom. The van der Waals surface area contributed by atoms with Gasteiger partial charge in [0.05, 0.1) is 5.69 Å². The van der Waals surface area contributed by atoms with E-state index in [0.29, 0.717) is 0 Å². The number of hydrogen-bond donors (Lipinski definition) is 0. The van der Waals surface area contributed by atoms with E-state index in [-0.39, 0.29) is 11.0 Å². The van der Waals surface area contributed by atoms with E-state index in [1.807, 2.05) is 0 Å². The van der Waals surface area contributed by atoms with Crippen molar-refractivity contribution in [3.05, 3.63) is 66.0 Å². The van der Waals surface area contributed by atoms with Crippen molar-refractivity contribution in [3.8, 4) is 22.4 Å². The molecule has 0 saturated carbocycles. The van der Waals surface area contributed by atoms with Crippen molar-refractivity contribution < 1.29 is 0 Å². The molecule has 0 amide bonds. The maximum absolute atomic E-state index is 2.55. The van der Waals surface area contributed by atoms with Crippen LogP contribution in [-0.4, -0.2) is 4.33 Å². The van der Waals surface area contributed by atoms with E-state index in [0.717, 1.165) is 0 Å². The maximum atomic E-state index is 2.55. The highest BCUT2D eigenvalue weighted by Gasteiger charge is 2.30. The lowest BCUT2D eigenvalue weighted by Crippen LogP contribution is -2.19. The Kier molecular flexibility index (Phi) is 4.64. The van der Waals surface area contributed by atoms with Gasteiger partial charge in [-0.05, 0) is 37.3 Å². The van der Waals surface area contributed by atoms with Gasteiger partial charge >= 0.3 is 0 Å². The van der Waals surface area contributed by atoms with Gasteiger partial charge in [0.2, 0.25) is 0 Å². The molecule has 25 heavy (non-hydrogen) atoms. The van der Waals surface area contributed by atoms with Crippen LogP contribution >= 0.6 is 8.35 Å². The molecule has 0 atom stereocenters. The molecule has 0 spiro atoms. The zero-order valence-corrected chi connectivity index (χ0v) is 17.1. The molecule has 2 heteroatoms. The minimum atomic E-state index is 0.0553. The molecule has 3 rings (SSSR count). The van der Waals surface area contributed by atoms with Gasteiger partial charge in [-0.15, -0.1) is 0 Å². The standard InChI is InChI=1S/C23H28NP/c1-22(2,3)21-19(17-13-9-7-10-14-17)20(18-15-11-8-12-16-18)24(25-21)23(4,5)6/h7-16H,1-6H3. The van der Waals surface area contributed by atoms with Crippen LogP contribution in [0.5, 0.6) is 0 Å². The number of nitrogens with zero attached hydrogens (tertiary/aromatic N) is 1. The van der Waals surface area contributed by atoms with Gasteiger partial charge in [-0.1, -0.05) is 81.4 Å². The summed E-state index contributed by atoms with van der Waals surface area (Å²) in [6.45, 7) is 13.9. The zero-order chi connectivity index (χ0) is 18.2.